The Bertz CT molecular complexity index is 1180. The fourth-order valence-corrected chi connectivity index (χ4v) is 4.20. The molecule has 10 heteroatoms. The zero-order chi connectivity index (χ0) is 23.4. The summed E-state index contributed by atoms with van der Waals surface area (Å²) in [5.74, 6) is -1.74. The third-order valence-electron chi connectivity index (χ3n) is 5.12. The van der Waals surface area contributed by atoms with E-state index >= 15 is 0 Å². The Morgan fingerprint density at radius 3 is 2.45 bits per heavy atom. The molecule has 0 bridgehead atoms. The molecular weight excluding hydrogens is 444 g/mol. The molecule has 1 aliphatic heterocycles. The molecule has 4 rings (SSSR count). The van der Waals surface area contributed by atoms with Crippen molar-refractivity contribution in [3.63, 3.8) is 0 Å². The molecule has 1 saturated heterocycles. The maximum Gasteiger partial charge on any atom is 0.357 e. The monoisotopic (exact) mass is 464 g/mol. The van der Waals surface area contributed by atoms with E-state index in [4.69, 9.17) is 0 Å². The summed E-state index contributed by atoms with van der Waals surface area (Å²) >= 11 is 1.04. The highest BCUT2D eigenvalue weighted by Gasteiger charge is 2.45. The number of methoxy groups -OCH3 is 1. The molecule has 4 amide bonds. The number of nitrogens with zero attached hydrogens (tertiary/aromatic N) is 2. The number of carbonyl (C=O) groups excluding carboxylic acids is 4. The molecule has 1 aromatic heterocycles. The summed E-state index contributed by atoms with van der Waals surface area (Å²) in [6.07, 6.45) is 0.114. The lowest BCUT2D eigenvalue weighted by molar-refractivity contribution is -0.134. The highest BCUT2D eigenvalue weighted by molar-refractivity contribution is 7.14. The van der Waals surface area contributed by atoms with E-state index in [1.165, 1.54) is 12.5 Å². The van der Waals surface area contributed by atoms with Crippen LogP contribution in [0.5, 0.6) is 0 Å². The highest BCUT2D eigenvalue weighted by atomic mass is 32.1. The lowest BCUT2D eigenvalue weighted by atomic mass is 10.0. The number of esters is 1. The molecule has 0 radical (unpaired) electrons. The van der Waals surface area contributed by atoms with Gasteiger partial charge >= 0.3 is 12.0 Å². The van der Waals surface area contributed by atoms with Crippen molar-refractivity contribution in [1.82, 2.24) is 15.2 Å². The number of imide groups is 1. The number of thiazole rings is 1. The van der Waals surface area contributed by atoms with Gasteiger partial charge in [-0.05, 0) is 11.1 Å². The van der Waals surface area contributed by atoms with Gasteiger partial charge in [-0.1, -0.05) is 60.7 Å². The standard InChI is InChI=1S/C23H20N4O5S/c1-32-21(30)16-13-33-22(24-16)26-19(28)17(12-14-8-4-2-5-9-14)27-20(29)18(25-23(27)31)15-10-6-3-7-11-15/h2-11,13,17-18H,12H2,1H3,(H,25,31)(H,24,26,28)/t17-,18+/m0/s1. The minimum absolute atomic E-state index is 0.0524. The van der Waals surface area contributed by atoms with Gasteiger partial charge in [-0.15, -0.1) is 11.3 Å². The van der Waals surface area contributed by atoms with Crippen molar-refractivity contribution in [3.05, 3.63) is 82.9 Å². The van der Waals surface area contributed by atoms with Crippen molar-refractivity contribution in [3.8, 4) is 0 Å². The van der Waals surface area contributed by atoms with Crippen LogP contribution in [0.2, 0.25) is 0 Å². The van der Waals surface area contributed by atoms with Gasteiger partial charge in [0.2, 0.25) is 5.91 Å². The van der Waals surface area contributed by atoms with Crippen LogP contribution in [-0.2, 0) is 20.7 Å². The Hall–Kier alpha value is -4.05. The van der Waals surface area contributed by atoms with Gasteiger partial charge in [0.15, 0.2) is 10.8 Å². The molecule has 9 nitrogen and oxygen atoms in total. The number of hydrogen-bond donors (Lipinski definition) is 2. The molecule has 0 aliphatic carbocycles. The molecule has 168 valence electrons. The van der Waals surface area contributed by atoms with Crippen LogP contribution in [0.4, 0.5) is 9.93 Å². The molecular formula is C23H20N4O5S. The number of rotatable bonds is 7. The molecule has 1 fully saturated rings. The van der Waals surface area contributed by atoms with Gasteiger partial charge < -0.3 is 15.4 Å². The summed E-state index contributed by atoms with van der Waals surface area (Å²) in [7, 11) is 1.23. The van der Waals surface area contributed by atoms with Gasteiger partial charge in [-0.3, -0.25) is 9.59 Å². The first-order valence-electron chi connectivity index (χ1n) is 10.0. The molecule has 0 spiro atoms. The zero-order valence-corrected chi connectivity index (χ0v) is 18.4. The van der Waals surface area contributed by atoms with E-state index in [0.717, 1.165) is 21.8 Å². The smallest absolute Gasteiger partial charge is 0.357 e. The molecule has 2 aromatic carbocycles. The van der Waals surface area contributed by atoms with Crippen molar-refractivity contribution < 1.29 is 23.9 Å². The predicted molar refractivity (Wildman–Crippen MR) is 121 cm³/mol. The van der Waals surface area contributed by atoms with E-state index in [-0.39, 0.29) is 17.2 Å². The number of aromatic nitrogens is 1. The Morgan fingerprint density at radius 1 is 1.12 bits per heavy atom. The van der Waals surface area contributed by atoms with E-state index in [1.54, 1.807) is 24.3 Å². The van der Waals surface area contributed by atoms with Crippen molar-refractivity contribution in [2.45, 2.75) is 18.5 Å². The molecule has 3 aromatic rings. The lowest BCUT2D eigenvalue weighted by Crippen LogP contribution is -2.49. The third kappa shape index (κ3) is 4.75. The van der Waals surface area contributed by atoms with Gasteiger partial charge in [-0.25, -0.2) is 19.5 Å². The number of ether oxygens (including phenoxy) is 1. The zero-order valence-electron chi connectivity index (χ0n) is 17.6. The van der Waals surface area contributed by atoms with E-state index in [0.29, 0.717) is 5.56 Å². The molecule has 33 heavy (non-hydrogen) atoms. The third-order valence-corrected chi connectivity index (χ3v) is 5.88. The Morgan fingerprint density at radius 2 is 1.79 bits per heavy atom. The van der Waals surface area contributed by atoms with Crippen LogP contribution in [0.1, 0.15) is 27.7 Å². The average molecular weight is 465 g/mol. The SMILES string of the molecule is COC(=O)c1csc(NC(=O)[C@H](Cc2ccccc2)N2C(=O)N[C@H](c3ccccc3)C2=O)n1. The van der Waals surface area contributed by atoms with Crippen molar-refractivity contribution >= 4 is 40.3 Å². The average Bonchev–Trinajstić information content (AvgIpc) is 3.42. The molecule has 2 atom stereocenters. The maximum absolute atomic E-state index is 13.3. The van der Waals surface area contributed by atoms with Gasteiger partial charge in [0.1, 0.15) is 12.1 Å². The predicted octanol–water partition coefficient (Wildman–Crippen LogP) is 2.77. The number of carbonyl (C=O) groups is 4. The number of anilines is 1. The second kappa shape index (κ2) is 9.61. The first-order valence-corrected chi connectivity index (χ1v) is 10.9. The molecule has 0 saturated carbocycles. The van der Waals surface area contributed by atoms with Crippen LogP contribution < -0.4 is 10.6 Å². The summed E-state index contributed by atoms with van der Waals surface area (Å²) < 4.78 is 4.63. The van der Waals surface area contributed by atoms with E-state index in [9.17, 15) is 19.2 Å². The van der Waals surface area contributed by atoms with Crippen LogP contribution in [0, 0.1) is 0 Å². The van der Waals surface area contributed by atoms with Crippen LogP contribution >= 0.6 is 11.3 Å². The van der Waals surface area contributed by atoms with E-state index in [1.807, 2.05) is 36.4 Å². The van der Waals surface area contributed by atoms with Gasteiger partial charge in [0.25, 0.3) is 5.91 Å². The van der Waals surface area contributed by atoms with Gasteiger partial charge in [0, 0.05) is 11.8 Å². The number of amides is 4. The Balaban J connectivity index is 1.61. The minimum atomic E-state index is -1.13. The molecule has 2 N–H and O–H groups in total. The van der Waals surface area contributed by atoms with Gasteiger partial charge in [0.05, 0.1) is 7.11 Å². The Kier molecular flexibility index (Phi) is 6.45. The molecule has 0 unspecified atom stereocenters. The quantitative estimate of drug-likeness (QED) is 0.410. The summed E-state index contributed by atoms with van der Waals surface area (Å²) in [6.45, 7) is 0. The first-order chi connectivity index (χ1) is 16.0. The lowest BCUT2D eigenvalue weighted by Gasteiger charge is -2.24. The molecule has 1 aliphatic rings. The summed E-state index contributed by atoms with van der Waals surface area (Å²) in [6, 6.07) is 15.3. The largest absolute Gasteiger partial charge is 0.464 e. The fourth-order valence-electron chi connectivity index (χ4n) is 3.52. The van der Waals surface area contributed by atoms with Crippen LogP contribution in [0.3, 0.4) is 0 Å². The molecule has 2 heterocycles. The van der Waals surface area contributed by atoms with Crippen molar-refractivity contribution in [2.24, 2.45) is 0 Å². The van der Waals surface area contributed by atoms with Crippen molar-refractivity contribution in [2.75, 3.05) is 12.4 Å². The first kappa shape index (κ1) is 22.2. The van der Waals surface area contributed by atoms with Gasteiger partial charge in [-0.2, -0.15) is 0 Å². The normalized spacial score (nSPS) is 16.3. The maximum atomic E-state index is 13.3. The Labute approximate surface area is 193 Å². The minimum Gasteiger partial charge on any atom is -0.464 e. The van der Waals surface area contributed by atoms with Crippen LogP contribution in [0.15, 0.2) is 66.0 Å². The van der Waals surface area contributed by atoms with Crippen molar-refractivity contribution in [1.29, 1.82) is 0 Å². The topological polar surface area (TPSA) is 118 Å². The van der Waals surface area contributed by atoms with E-state index in [2.05, 4.69) is 20.4 Å². The fraction of sp³-hybridized carbons (Fsp3) is 0.174. The van der Waals surface area contributed by atoms with E-state index < -0.39 is 35.9 Å². The van der Waals surface area contributed by atoms with Crippen LogP contribution in [-0.4, -0.2) is 46.9 Å². The summed E-state index contributed by atoms with van der Waals surface area (Å²) in [5, 5.41) is 6.89. The number of benzene rings is 2. The second-order valence-corrected chi connectivity index (χ2v) is 8.08. The number of urea groups is 1. The van der Waals surface area contributed by atoms with Crippen LogP contribution in [0.25, 0.3) is 0 Å². The number of hydrogen-bond acceptors (Lipinski definition) is 7. The summed E-state index contributed by atoms with van der Waals surface area (Å²) in [4.78, 5) is 56.0. The summed E-state index contributed by atoms with van der Waals surface area (Å²) in [5.41, 5.74) is 1.45. The highest BCUT2D eigenvalue weighted by Crippen LogP contribution is 2.26. The second-order valence-electron chi connectivity index (χ2n) is 7.23. The number of nitrogens with one attached hydrogen (secondary N) is 2.